The quantitative estimate of drug-likeness (QED) is 0.392. The Labute approximate surface area is 34.1 Å². The monoisotopic (exact) mass is 88.0 g/mol. The Balaban J connectivity index is 2.83. The molecule has 5 nitrogen and oxygen atoms in total. The summed E-state index contributed by atoms with van der Waals surface area (Å²) in [4.78, 5) is 9.23. The average Bonchev–Trinajstić information content (AvgIpc) is 1.35. The van der Waals surface area contributed by atoms with Crippen LogP contribution in [0.3, 0.4) is 0 Å². The fourth-order valence-corrected chi connectivity index (χ4v) is 0.0428. The van der Waals surface area contributed by atoms with Crippen LogP contribution in [0.25, 0.3) is 0 Å². The van der Waals surface area contributed by atoms with Gasteiger partial charge < -0.3 is 5.11 Å². The Morgan fingerprint density at radius 1 is 2.00 bits per heavy atom. The molecule has 0 spiro atoms. The molecule has 3 radical (unpaired) electrons. The lowest BCUT2D eigenvalue weighted by Crippen LogP contribution is -2.28. The Kier molecular flexibility index (Phi) is 2.10. The van der Waals surface area contributed by atoms with Crippen LogP contribution in [0.2, 0.25) is 0 Å². The SMILES string of the molecule is [N][N]NC(=O)O. The summed E-state index contributed by atoms with van der Waals surface area (Å²) in [5, 5.41) is 7.55. The summed E-state index contributed by atoms with van der Waals surface area (Å²) in [7, 11) is 0. The van der Waals surface area contributed by atoms with Crippen LogP contribution in [-0.2, 0) is 0 Å². The summed E-state index contributed by atoms with van der Waals surface area (Å²) < 4.78 is 0. The first-order chi connectivity index (χ1) is 2.77. The van der Waals surface area contributed by atoms with Gasteiger partial charge in [-0.25, -0.2) is 10.2 Å². The molecule has 6 heavy (non-hydrogen) atoms. The van der Waals surface area contributed by atoms with E-state index in [9.17, 15) is 4.79 Å². The highest BCUT2D eigenvalue weighted by Gasteiger charge is 1.86. The van der Waals surface area contributed by atoms with E-state index in [0.717, 1.165) is 0 Å². The molecule has 2 N–H and O–H groups in total. The highest BCUT2D eigenvalue weighted by molar-refractivity contribution is 5.63. The normalized spacial score (nSPS) is 7.50. The maximum atomic E-state index is 9.23. The van der Waals surface area contributed by atoms with Gasteiger partial charge in [-0.2, -0.15) is 0 Å². The van der Waals surface area contributed by atoms with Crippen LogP contribution in [0.15, 0.2) is 0 Å². The van der Waals surface area contributed by atoms with E-state index in [0.29, 0.717) is 0 Å². The fourth-order valence-electron chi connectivity index (χ4n) is 0.0428. The van der Waals surface area contributed by atoms with Crippen molar-refractivity contribution >= 4 is 6.09 Å². The van der Waals surface area contributed by atoms with Gasteiger partial charge in [0.2, 0.25) is 0 Å². The second kappa shape index (κ2) is 2.43. The number of nitrogens with zero attached hydrogens (tertiary/aromatic N) is 2. The van der Waals surface area contributed by atoms with Crippen LogP contribution >= 0.6 is 0 Å². The molecule has 0 rings (SSSR count). The highest BCUT2D eigenvalue weighted by Crippen LogP contribution is 1.47. The van der Waals surface area contributed by atoms with Gasteiger partial charge >= 0.3 is 6.09 Å². The summed E-state index contributed by atoms with van der Waals surface area (Å²) in [6.45, 7) is 0. The number of hydrogen-bond acceptors (Lipinski definition) is 1. The van der Waals surface area contributed by atoms with E-state index in [-0.39, 0.29) is 0 Å². The highest BCUT2D eigenvalue weighted by atomic mass is 16.4. The van der Waals surface area contributed by atoms with Crippen LogP contribution in [0, 0.1) is 0 Å². The predicted molar refractivity (Wildman–Crippen MR) is 15.4 cm³/mol. The van der Waals surface area contributed by atoms with Crippen molar-refractivity contribution in [3.05, 3.63) is 0 Å². The van der Waals surface area contributed by atoms with Gasteiger partial charge in [-0.15, -0.1) is 0 Å². The lowest BCUT2D eigenvalue weighted by molar-refractivity contribution is 0.188. The van der Waals surface area contributed by atoms with Crippen LogP contribution in [-0.4, -0.2) is 11.2 Å². The third-order valence-electron chi connectivity index (χ3n) is 0.146. The molecular formula is CH2N3O2. The van der Waals surface area contributed by atoms with Gasteiger partial charge in [0.05, 0.1) is 0 Å². The Bertz CT molecular complexity index is 52.8. The second-order valence-electron chi connectivity index (χ2n) is 0.517. The second-order valence-corrected chi connectivity index (χ2v) is 0.517. The molecular weight excluding hydrogens is 86.0 g/mol. The number of carbonyl (C=O) groups is 1. The molecule has 0 aromatic rings. The molecule has 1 amide bonds. The van der Waals surface area contributed by atoms with Crippen molar-refractivity contribution in [2.45, 2.75) is 0 Å². The zero-order valence-electron chi connectivity index (χ0n) is 2.75. The van der Waals surface area contributed by atoms with Crippen molar-refractivity contribution in [1.82, 2.24) is 16.8 Å². The molecule has 0 aliphatic rings. The van der Waals surface area contributed by atoms with E-state index in [4.69, 9.17) is 10.9 Å². The first kappa shape index (κ1) is 5.19. The largest absolute Gasteiger partial charge is 0.464 e. The third-order valence-corrected chi connectivity index (χ3v) is 0.146. The van der Waals surface area contributed by atoms with Gasteiger partial charge in [0.25, 0.3) is 0 Å². The van der Waals surface area contributed by atoms with Crippen LogP contribution in [0.5, 0.6) is 0 Å². The molecule has 0 aromatic carbocycles. The van der Waals surface area contributed by atoms with E-state index in [1.165, 1.54) is 5.43 Å². The van der Waals surface area contributed by atoms with Crippen molar-refractivity contribution in [3.8, 4) is 0 Å². The lowest BCUT2D eigenvalue weighted by atomic mass is 11.3. The first-order valence-electron chi connectivity index (χ1n) is 1.10. The van der Waals surface area contributed by atoms with Gasteiger partial charge in [0.15, 0.2) is 0 Å². The minimum atomic E-state index is -1.38. The molecule has 0 saturated heterocycles. The first-order valence-corrected chi connectivity index (χ1v) is 1.10. The van der Waals surface area contributed by atoms with Crippen LogP contribution < -0.4 is 16.8 Å². The Morgan fingerprint density at radius 3 is 2.50 bits per heavy atom. The lowest BCUT2D eigenvalue weighted by Gasteiger charge is -1.83. The summed E-state index contributed by atoms with van der Waals surface area (Å²) in [6, 6.07) is 0. The van der Waals surface area contributed by atoms with Crippen LogP contribution in [0.1, 0.15) is 0 Å². The molecule has 0 unspecified atom stereocenters. The van der Waals surface area contributed by atoms with Crippen molar-refractivity contribution < 1.29 is 9.90 Å². The van der Waals surface area contributed by atoms with Crippen molar-refractivity contribution in [2.24, 2.45) is 0 Å². The summed E-state index contributed by atoms with van der Waals surface area (Å²) in [5.74, 6) is 7.37. The third kappa shape index (κ3) is 3.19. The fraction of sp³-hybridized carbons (Fsp3) is 0. The molecule has 0 bridgehead atoms. The smallest absolute Gasteiger partial charge is 0.421 e. The van der Waals surface area contributed by atoms with E-state index in [1.54, 1.807) is 0 Å². The number of amides is 1. The topological polar surface area (TPSA) is 85.7 Å². The molecule has 0 saturated carbocycles. The maximum absolute atomic E-state index is 9.23. The average molecular weight is 88.0 g/mol. The minimum Gasteiger partial charge on any atom is -0.464 e. The number of nitrogens with one attached hydrogen (secondary N) is 1. The minimum absolute atomic E-state index is 1.31. The van der Waals surface area contributed by atoms with Gasteiger partial charge in [-0.1, -0.05) is 0 Å². The van der Waals surface area contributed by atoms with E-state index in [2.05, 4.69) is 5.53 Å². The predicted octanol–water partition coefficient (Wildman–Crippen LogP) is -1.24. The molecule has 0 atom stereocenters. The zero-order chi connectivity index (χ0) is 4.99. The summed E-state index contributed by atoms with van der Waals surface area (Å²) in [6.07, 6.45) is -1.38. The number of hydrogen-bond donors (Lipinski definition) is 2. The molecule has 0 fully saturated rings. The standard InChI is InChI=1S/CH2N3O2/c2-4-3-1(5)6/h3H,(H,5,6). The van der Waals surface area contributed by atoms with Crippen LogP contribution in [0.4, 0.5) is 4.79 Å². The van der Waals surface area contributed by atoms with Crippen molar-refractivity contribution in [3.63, 3.8) is 0 Å². The van der Waals surface area contributed by atoms with Gasteiger partial charge in [-0.05, 0) is 5.53 Å². The molecule has 0 aliphatic heterocycles. The maximum Gasteiger partial charge on any atom is 0.421 e. The molecule has 33 valence electrons. The van der Waals surface area contributed by atoms with E-state index >= 15 is 0 Å². The van der Waals surface area contributed by atoms with Gasteiger partial charge in [0.1, 0.15) is 0 Å². The number of carboxylic acid groups (broad SMARTS) is 1. The molecule has 5 heteroatoms. The summed E-state index contributed by atoms with van der Waals surface area (Å²) >= 11 is 0. The molecule has 0 aliphatic carbocycles. The number of rotatable bonds is 1. The Hall–Kier alpha value is -0.810. The molecule has 0 heterocycles. The van der Waals surface area contributed by atoms with E-state index < -0.39 is 6.09 Å². The summed E-state index contributed by atoms with van der Waals surface area (Å²) in [5.41, 5.74) is 3.39. The van der Waals surface area contributed by atoms with Gasteiger partial charge in [-0.3, -0.25) is 0 Å². The van der Waals surface area contributed by atoms with Crippen molar-refractivity contribution in [2.75, 3.05) is 0 Å². The zero-order valence-corrected chi connectivity index (χ0v) is 2.75. The van der Waals surface area contributed by atoms with E-state index in [1.807, 2.05) is 0 Å². The Morgan fingerprint density at radius 2 is 2.50 bits per heavy atom. The van der Waals surface area contributed by atoms with Gasteiger partial charge in [0, 0.05) is 5.84 Å². The van der Waals surface area contributed by atoms with Crippen molar-refractivity contribution in [1.29, 1.82) is 0 Å². The molecule has 0 aromatic heterocycles.